The van der Waals surface area contributed by atoms with E-state index in [1.54, 1.807) is 6.92 Å². The fraction of sp³-hybridized carbons (Fsp3) is 0.400. The van der Waals surface area contributed by atoms with Gasteiger partial charge in [0, 0.05) is 12.1 Å². The first-order valence-corrected chi connectivity index (χ1v) is 8.17. The van der Waals surface area contributed by atoms with E-state index in [1.165, 1.54) is 17.8 Å². The van der Waals surface area contributed by atoms with Crippen molar-refractivity contribution in [2.75, 3.05) is 5.32 Å². The van der Waals surface area contributed by atoms with Gasteiger partial charge in [-0.05, 0) is 38.8 Å². The van der Waals surface area contributed by atoms with E-state index in [-0.39, 0.29) is 11.6 Å². The van der Waals surface area contributed by atoms with Crippen LogP contribution in [0.15, 0.2) is 23.4 Å². The van der Waals surface area contributed by atoms with E-state index in [9.17, 15) is 13.6 Å². The van der Waals surface area contributed by atoms with Crippen molar-refractivity contribution in [1.82, 2.24) is 14.8 Å². The smallest absolute Gasteiger partial charge is 0.237 e. The molecule has 8 heteroatoms. The zero-order chi connectivity index (χ0) is 16.6. The van der Waals surface area contributed by atoms with E-state index in [4.69, 9.17) is 0 Å². The second-order valence-corrected chi connectivity index (χ2v) is 6.81. The number of anilines is 1. The number of aryl methyl sites for hydroxylation is 1. The van der Waals surface area contributed by atoms with Crippen LogP contribution in [0.25, 0.3) is 0 Å². The monoisotopic (exact) mass is 338 g/mol. The third-order valence-electron chi connectivity index (χ3n) is 3.59. The maximum atomic E-state index is 13.6. The Morgan fingerprint density at radius 3 is 2.78 bits per heavy atom. The first-order valence-electron chi connectivity index (χ1n) is 7.30. The molecule has 1 aromatic carbocycles. The number of nitrogens with zero attached hydrogens (tertiary/aromatic N) is 3. The minimum absolute atomic E-state index is 0.0382. The first kappa shape index (κ1) is 15.9. The Kier molecular flexibility index (Phi) is 4.34. The van der Waals surface area contributed by atoms with Gasteiger partial charge in [-0.1, -0.05) is 11.8 Å². The minimum Gasteiger partial charge on any atom is -0.323 e. The topological polar surface area (TPSA) is 59.8 Å². The van der Waals surface area contributed by atoms with Gasteiger partial charge in [0.1, 0.15) is 17.5 Å². The predicted molar refractivity (Wildman–Crippen MR) is 83.3 cm³/mol. The van der Waals surface area contributed by atoms with Crippen LogP contribution in [0.4, 0.5) is 14.5 Å². The molecular formula is C15H16F2N4OS. The number of carbonyl (C=O) groups is 1. The number of benzene rings is 1. The third kappa shape index (κ3) is 3.52. The Morgan fingerprint density at radius 1 is 1.39 bits per heavy atom. The highest BCUT2D eigenvalue weighted by atomic mass is 32.2. The van der Waals surface area contributed by atoms with Gasteiger partial charge in [0.05, 0.1) is 10.9 Å². The maximum Gasteiger partial charge on any atom is 0.237 e. The minimum atomic E-state index is -0.799. The van der Waals surface area contributed by atoms with Crippen LogP contribution in [0, 0.1) is 18.6 Å². The number of hydrogen-bond donors (Lipinski definition) is 1. The van der Waals surface area contributed by atoms with Gasteiger partial charge in [-0.25, -0.2) is 8.78 Å². The summed E-state index contributed by atoms with van der Waals surface area (Å²) in [5, 5.41) is 10.8. The van der Waals surface area contributed by atoms with Gasteiger partial charge < -0.3 is 9.88 Å². The van der Waals surface area contributed by atoms with Crippen molar-refractivity contribution in [2.24, 2.45) is 0 Å². The second-order valence-electron chi connectivity index (χ2n) is 5.50. The molecule has 0 spiro atoms. The summed E-state index contributed by atoms with van der Waals surface area (Å²) in [5.74, 6) is -1.03. The molecule has 1 N–H and O–H groups in total. The van der Waals surface area contributed by atoms with Gasteiger partial charge in [-0.15, -0.1) is 10.2 Å². The summed E-state index contributed by atoms with van der Waals surface area (Å²) < 4.78 is 28.5. The highest BCUT2D eigenvalue weighted by molar-refractivity contribution is 8.00. The Hall–Kier alpha value is -1.96. The largest absolute Gasteiger partial charge is 0.323 e. The number of aromatic nitrogens is 3. The van der Waals surface area contributed by atoms with E-state index in [0.29, 0.717) is 11.2 Å². The number of carbonyl (C=O) groups excluding carboxylic acids is 1. The molecule has 2 aromatic rings. The molecule has 0 bridgehead atoms. The van der Waals surface area contributed by atoms with Crippen LogP contribution in [0.1, 0.15) is 31.6 Å². The number of hydrogen-bond acceptors (Lipinski definition) is 4. The van der Waals surface area contributed by atoms with Crippen LogP contribution in [0.2, 0.25) is 0 Å². The Labute approximate surface area is 136 Å². The lowest BCUT2D eigenvalue weighted by Crippen LogP contribution is -2.23. The van der Waals surface area contributed by atoms with Crippen LogP contribution in [0.3, 0.4) is 0 Å². The van der Waals surface area contributed by atoms with E-state index in [0.717, 1.165) is 30.8 Å². The van der Waals surface area contributed by atoms with Crippen molar-refractivity contribution < 1.29 is 13.6 Å². The Bertz CT molecular complexity index is 745. The average molecular weight is 338 g/mol. The van der Waals surface area contributed by atoms with E-state index in [2.05, 4.69) is 15.5 Å². The molecule has 0 saturated heterocycles. The first-order chi connectivity index (χ1) is 11.0. The quantitative estimate of drug-likeness (QED) is 0.850. The van der Waals surface area contributed by atoms with E-state index < -0.39 is 16.9 Å². The van der Waals surface area contributed by atoms with Gasteiger partial charge in [0.15, 0.2) is 5.16 Å². The highest BCUT2D eigenvalue weighted by Crippen LogP contribution is 2.39. The molecule has 1 aliphatic carbocycles. The molecule has 3 rings (SSSR count). The standard InChI is InChI=1S/C15H16F2N4OS/c1-8(14(22)18-13-6-3-10(16)7-12(13)17)23-15-20-19-9(2)21(15)11-4-5-11/h3,6-8,11H,4-5H2,1-2H3,(H,18,22)/t8-/m0/s1. The van der Waals surface area contributed by atoms with Crippen molar-refractivity contribution in [3.05, 3.63) is 35.7 Å². The van der Waals surface area contributed by atoms with Gasteiger partial charge in [0.2, 0.25) is 5.91 Å². The van der Waals surface area contributed by atoms with Crippen molar-refractivity contribution in [2.45, 2.75) is 43.1 Å². The molecule has 0 aliphatic heterocycles. The van der Waals surface area contributed by atoms with Crippen LogP contribution >= 0.6 is 11.8 Å². The molecule has 1 amide bonds. The molecule has 1 saturated carbocycles. The normalized spacial score (nSPS) is 15.5. The van der Waals surface area contributed by atoms with Gasteiger partial charge in [-0.3, -0.25) is 4.79 Å². The number of amides is 1. The van der Waals surface area contributed by atoms with Gasteiger partial charge in [0.25, 0.3) is 0 Å². The Morgan fingerprint density at radius 2 is 2.13 bits per heavy atom. The zero-order valence-corrected chi connectivity index (χ0v) is 13.5. The fourth-order valence-corrected chi connectivity index (χ4v) is 3.19. The molecule has 1 aliphatic rings. The number of rotatable bonds is 5. The summed E-state index contributed by atoms with van der Waals surface area (Å²) in [4.78, 5) is 12.2. The lowest BCUT2D eigenvalue weighted by Gasteiger charge is -2.13. The average Bonchev–Trinajstić information content (AvgIpc) is 3.26. The lowest BCUT2D eigenvalue weighted by atomic mass is 10.3. The van der Waals surface area contributed by atoms with E-state index >= 15 is 0 Å². The van der Waals surface area contributed by atoms with Crippen molar-refractivity contribution >= 4 is 23.4 Å². The molecule has 5 nitrogen and oxygen atoms in total. The molecular weight excluding hydrogens is 322 g/mol. The summed E-state index contributed by atoms with van der Waals surface area (Å²) in [6, 6.07) is 3.46. The van der Waals surface area contributed by atoms with Crippen molar-refractivity contribution in [1.29, 1.82) is 0 Å². The predicted octanol–water partition coefficient (Wildman–Crippen LogP) is 3.32. The fourth-order valence-electron chi connectivity index (χ4n) is 2.22. The van der Waals surface area contributed by atoms with E-state index in [1.807, 2.05) is 11.5 Å². The summed E-state index contributed by atoms with van der Waals surface area (Å²) >= 11 is 1.28. The number of thioether (sulfide) groups is 1. The second kappa shape index (κ2) is 6.27. The maximum absolute atomic E-state index is 13.6. The number of nitrogens with one attached hydrogen (secondary N) is 1. The van der Waals surface area contributed by atoms with Crippen molar-refractivity contribution in [3.8, 4) is 0 Å². The van der Waals surface area contributed by atoms with Crippen LogP contribution in [0.5, 0.6) is 0 Å². The van der Waals surface area contributed by atoms with Gasteiger partial charge in [-0.2, -0.15) is 0 Å². The Balaban J connectivity index is 1.68. The summed E-state index contributed by atoms with van der Waals surface area (Å²) in [7, 11) is 0. The lowest BCUT2D eigenvalue weighted by molar-refractivity contribution is -0.115. The zero-order valence-electron chi connectivity index (χ0n) is 12.7. The van der Waals surface area contributed by atoms with Gasteiger partial charge >= 0.3 is 0 Å². The van der Waals surface area contributed by atoms with Crippen molar-refractivity contribution in [3.63, 3.8) is 0 Å². The summed E-state index contributed by atoms with van der Waals surface area (Å²) in [6.45, 7) is 3.59. The molecule has 0 radical (unpaired) electrons. The SMILES string of the molecule is Cc1nnc(S[C@@H](C)C(=O)Nc2ccc(F)cc2F)n1C1CC1. The van der Waals surface area contributed by atoms with Crippen LogP contribution in [-0.4, -0.2) is 25.9 Å². The molecule has 1 heterocycles. The van der Waals surface area contributed by atoms with Crippen LogP contribution < -0.4 is 5.32 Å². The third-order valence-corrected chi connectivity index (χ3v) is 4.64. The molecule has 1 atom stereocenters. The van der Waals surface area contributed by atoms with Crippen LogP contribution in [-0.2, 0) is 4.79 Å². The molecule has 1 aromatic heterocycles. The molecule has 0 unspecified atom stereocenters. The summed E-state index contributed by atoms with van der Waals surface area (Å²) in [5.41, 5.74) is -0.0382. The number of halogens is 2. The molecule has 1 fully saturated rings. The highest BCUT2D eigenvalue weighted by Gasteiger charge is 2.30. The molecule has 23 heavy (non-hydrogen) atoms. The molecule has 122 valence electrons. The summed E-state index contributed by atoms with van der Waals surface area (Å²) in [6.07, 6.45) is 2.18.